The van der Waals surface area contributed by atoms with Crippen molar-refractivity contribution in [1.29, 1.82) is 0 Å². The molecule has 2 N–H and O–H groups in total. The predicted octanol–water partition coefficient (Wildman–Crippen LogP) is -0.582. The molecule has 0 saturated carbocycles. The molecule has 0 aliphatic carbocycles. The molecule has 0 aromatic rings. The maximum Gasteiger partial charge on any atom is 0.301 e. The van der Waals surface area contributed by atoms with Gasteiger partial charge in [0.05, 0.1) is 12.4 Å². The molecule has 0 heterocycles. The first-order valence-corrected chi connectivity index (χ1v) is 5.25. The Balaban J connectivity index is 3.37. The Kier molecular flexibility index (Phi) is 4.77. The molecule has 6 nitrogen and oxygen atoms in total. The summed E-state index contributed by atoms with van der Waals surface area (Å²) in [5, 5.41) is 0. The van der Waals surface area contributed by atoms with Gasteiger partial charge in [-0.1, -0.05) is 0 Å². The van der Waals surface area contributed by atoms with Crippen LogP contribution in [0.1, 0.15) is 6.42 Å². The standard InChI is InChI=1S/C3H8O6S2/c4-10(5)9-2-1-3-11(6,7)8/h1-3H2,(H,4,5)(H,6,7,8). The van der Waals surface area contributed by atoms with Crippen molar-refractivity contribution in [2.45, 2.75) is 6.42 Å². The van der Waals surface area contributed by atoms with Gasteiger partial charge in [-0.15, -0.1) is 0 Å². The van der Waals surface area contributed by atoms with E-state index < -0.39 is 27.2 Å². The van der Waals surface area contributed by atoms with Gasteiger partial charge in [0.25, 0.3) is 10.1 Å². The highest BCUT2D eigenvalue weighted by Gasteiger charge is 2.03. The molecule has 0 saturated heterocycles. The third-order valence-electron chi connectivity index (χ3n) is 0.731. The van der Waals surface area contributed by atoms with Crippen LogP contribution in [-0.4, -0.2) is 34.1 Å². The zero-order valence-corrected chi connectivity index (χ0v) is 7.10. The van der Waals surface area contributed by atoms with Crippen LogP contribution in [0.5, 0.6) is 0 Å². The predicted molar refractivity (Wildman–Crippen MR) is 37.8 cm³/mol. The average Bonchev–Trinajstić information content (AvgIpc) is 1.78. The highest BCUT2D eigenvalue weighted by molar-refractivity contribution is 7.85. The summed E-state index contributed by atoms with van der Waals surface area (Å²) in [6, 6.07) is 0. The molecular weight excluding hydrogens is 196 g/mol. The molecule has 68 valence electrons. The molecule has 0 bridgehead atoms. The Morgan fingerprint density at radius 3 is 2.36 bits per heavy atom. The molecule has 1 atom stereocenters. The van der Waals surface area contributed by atoms with Crippen molar-refractivity contribution in [3.8, 4) is 0 Å². The van der Waals surface area contributed by atoms with Crippen LogP contribution in [0.3, 0.4) is 0 Å². The van der Waals surface area contributed by atoms with Crippen molar-refractivity contribution in [1.82, 2.24) is 0 Å². The van der Waals surface area contributed by atoms with Gasteiger partial charge in [0.15, 0.2) is 0 Å². The zero-order chi connectivity index (χ0) is 8.91. The van der Waals surface area contributed by atoms with Crippen LogP contribution < -0.4 is 0 Å². The Labute approximate surface area is 66.8 Å². The number of rotatable bonds is 5. The first kappa shape index (κ1) is 11.0. The van der Waals surface area contributed by atoms with Gasteiger partial charge in [-0.3, -0.25) is 13.3 Å². The average molecular weight is 204 g/mol. The molecule has 0 fully saturated rings. The second kappa shape index (κ2) is 4.78. The summed E-state index contributed by atoms with van der Waals surface area (Å²) in [5.41, 5.74) is 0. The van der Waals surface area contributed by atoms with E-state index in [1.54, 1.807) is 0 Å². The topological polar surface area (TPSA) is 101 Å². The second-order valence-electron chi connectivity index (χ2n) is 1.68. The van der Waals surface area contributed by atoms with E-state index in [0.29, 0.717) is 0 Å². The van der Waals surface area contributed by atoms with Crippen LogP contribution in [0.25, 0.3) is 0 Å². The first-order valence-electron chi connectivity index (χ1n) is 2.61. The molecule has 0 amide bonds. The van der Waals surface area contributed by atoms with Gasteiger partial charge in [0.1, 0.15) is 0 Å². The zero-order valence-electron chi connectivity index (χ0n) is 5.47. The Morgan fingerprint density at radius 1 is 1.45 bits per heavy atom. The summed E-state index contributed by atoms with van der Waals surface area (Å²) >= 11 is -2.37. The molecule has 0 aromatic heterocycles. The lowest BCUT2D eigenvalue weighted by Gasteiger charge is -1.95. The molecule has 11 heavy (non-hydrogen) atoms. The van der Waals surface area contributed by atoms with E-state index >= 15 is 0 Å². The molecule has 1 unspecified atom stereocenters. The van der Waals surface area contributed by atoms with E-state index in [-0.39, 0.29) is 13.0 Å². The van der Waals surface area contributed by atoms with Crippen molar-refractivity contribution >= 4 is 21.5 Å². The highest BCUT2D eigenvalue weighted by atomic mass is 32.2. The molecule has 0 rings (SSSR count). The van der Waals surface area contributed by atoms with E-state index in [1.165, 1.54) is 0 Å². The van der Waals surface area contributed by atoms with Gasteiger partial charge in [-0.25, -0.2) is 0 Å². The summed E-state index contributed by atoms with van der Waals surface area (Å²) in [4.78, 5) is 0. The van der Waals surface area contributed by atoms with Gasteiger partial charge in [0, 0.05) is 0 Å². The largest absolute Gasteiger partial charge is 0.301 e. The van der Waals surface area contributed by atoms with Gasteiger partial charge in [0.2, 0.25) is 0 Å². The molecule has 0 aliphatic rings. The fourth-order valence-corrected chi connectivity index (χ4v) is 1.11. The smallest absolute Gasteiger partial charge is 0.286 e. The van der Waals surface area contributed by atoms with Crippen LogP contribution in [0.4, 0.5) is 0 Å². The maximum absolute atomic E-state index is 10.0. The Morgan fingerprint density at radius 2 is 2.00 bits per heavy atom. The number of hydrogen-bond donors (Lipinski definition) is 2. The molecule has 0 radical (unpaired) electrons. The maximum atomic E-state index is 10.0. The Bertz CT molecular complexity index is 218. The van der Waals surface area contributed by atoms with Crippen molar-refractivity contribution in [2.24, 2.45) is 0 Å². The van der Waals surface area contributed by atoms with Crippen LogP contribution in [0.2, 0.25) is 0 Å². The molecule has 0 spiro atoms. The summed E-state index contributed by atoms with van der Waals surface area (Å²) in [5.74, 6) is -0.468. The van der Waals surface area contributed by atoms with Gasteiger partial charge in [-0.05, 0) is 6.42 Å². The van der Waals surface area contributed by atoms with E-state index in [1.807, 2.05) is 0 Å². The SMILES string of the molecule is O=S(O)OCCCS(=O)(=O)O. The van der Waals surface area contributed by atoms with E-state index in [4.69, 9.17) is 9.11 Å². The van der Waals surface area contributed by atoms with Crippen molar-refractivity contribution in [3.63, 3.8) is 0 Å². The van der Waals surface area contributed by atoms with Gasteiger partial charge in [-0.2, -0.15) is 12.6 Å². The summed E-state index contributed by atoms with van der Waals surface area (Å²) in [6.07, 6.45) is -0.00880. The quantitative estimate of drug-likeness (QED) is 0.353. The van der Waals surface area contributed by atoms with E-state index in [2.05, 4.69) is 4.18 Å². The molecule has 0 aliphatic heterocycles. The third kappa shape index (κ3) is 9.98. The molecular formula is C3H8O6S2. The van der Waals surface area contributed by atoms with Crippen LogP contribution >= 0.6 is 0 Å². The second-order valence-corrected chi connectivity index (χ2v) is 3.92. The summed E-state index contributed by atoms with van der Waals surface area (Å²) in [6.45, 7) is -0.178. The molecule has 0 aromatic carbocycles. The first-order chi connectivity index (χ1) is 4.92. The van der Waals surface area contributed by atoms with Crippen molar-refractivity contribution < 1.29 is 25.9 Å². The lowest BCUT2D eigenvalue weighted by molar-refractivity contribution is 0.306. The van der Waals surface area contributed by atoms with Crippen molar-refractivity contribution in [2.75, 3.05) is 12.4 Å². The van der Waals surface area contributed by atoms with Crippen LogP contribution in [-0.2, 0) is 25.7 Å². The Hall–Kier alpha value is -0.0200. The molecule has 8 heteroatoms. The fraction of sp³-hybridized carbons (Fsp3) is 1.00. The van der Waals surface area contributed by atoms with Gasteiger partial charge >= 0.3 is 11.4 Å². The van der Waals surface area contributed by atoms with Gasteiger partial charge < -0.3 is 0 Å². The minimum absolute atomic E-state index is 0.00880. The normalized spacial score (nSPS) is 14.7. The van der Waals surface area contributed by atoms with Crippen LogP contribution in [0, 0.1) is 0 Å². The summed E-state index contributed by atoms with van der Waals surface area (Å²) < 4.78 is 50.1. The minimum Gasteiger partial charge on any atom is -0.286 e. The highest BCUT2D eigenvalue weighted by Crippen LogP contribution is 1.90. The lowest BCUT2D eigenvalue weighted by Crippen LogP contribution is -2.07. The van der Waals surface area contributed by atoms with E-state index in [0.717, 1.165) is 0 Å². The van der Waals surface area contributed by atoms with Crippen LogP contribution in [0.15, 0.2) is 0 Å². The monoisotopic (exact) mass is 204 g/mol. The lowest BCUT2D eigenvalue weighted by atomic mass is 10.5. The minimum atomic E-state index is -3.98. The number of hydrogen-bond acceptors (Lipinski definition) is 4. The summed E-state index contributed by atoms with van der Waals surface area (Å²) in [7, 11) is -3.98. The fourth-order valence-electron chi connectivity index (χ4n) is 0.372. The van der Waals surface area contributed by atoms with E-state index in [9.17, 15) is 12.6 Å². The third-order valence-corrected chi connectivity index (χ3v) is 1.90. The van der Waals surface area contributed by atoms with Crippen molar-refractivity contribution in [3.05, 3.63) is 0 Å².